The van der Waals surface area contributed by atoms with Crippen molar-refractivity contribution in [2.24, 2.45) is 0 Å². The van der Waals surface area contributed by atoms with E-state index in [0.717, 1.165) is 5.56 Å². The van der Waals surface area contributed by atoms with Crippen molar-refractivity contribution in [3.63, 3.8) is 0 Å². The van der Waals surface area contributed by atoms with Gasteiger partial charge in [-0.25, -0.2) is 4.79 Å². The summed E-state index contributed by atoms with van der Waals surface area (Å²) in [6, 6.07) is 9.11. The Morgan fingerprint density at radius 3 is 2.57 bits per heavy atom. The smallest absolute Gasteiger partial charge is 0.411 e. The van der Waals surface area contributed by atoms with Gasteiger partial charge in [-0.3, -0.25) is 14.5 Å². The molecule has 2 amide bonds. The fourth-order valence-corrected chi connectivity index (χ4v) is 3.87. The van der Waals surface area contributed by atoms with E-state index in [-0.39, 0.29) is 11.9 Å². The van der Waals surface area contributed by atoms with Crippen LogP contribution in [0.2, 0.25) is 0 Å². The van der Waals surface area contributed by atoms with Crippen LogP contribution in [0.3, 0.4) is 0 Å². The number of carbonyl (C=O) groups excluding carboxylic acids is 2. The molecule has 2 heterocycles. The van der Waals surface area contributed by atoms with Crippen LogP contribution in [0.5, 0.6) is 0 Å². The largest absolute Gasteiger partial charge is 0.444 e. The van der Waals surface area contributed by atoms with Crippen LogP contribution in [-0.4, -0.2) is 64.7 Å². The number of piperidine rings is 1. The third-order valence-electron chi connectivity index (χ3n) is 4.98. The molecule has 0 spiro atoms. The van der Waals surface area contributed by atoms with Crippen molar-refractivity contribution in [1.82, 2.24) is 15.3 Å². The minimum Gasteiger partial charge on any atom is -0.444 e. The predicted octanol–water partition coefficient (Wildman–Crippen LogP) is 2.55. The predicted molar refractivity (Wildman–Crippen MR) is 115 cm³/mol. The summed E-state index contributed by atoms with van der Waals surface area (Å²) >= 11 is 4.31. The van der Waals surface area contributed by atoms with E-state index in [0.29, 0.717) is 39.1 Å². The molecule has 2 aliphatic rings. The lowest BCUT2D eigenvalue weighted by atomic mass is 9.98. The summed E-state index contributed by atoms with van der Waals surface area (Å²) in [5, 5.41) is 0. The van der Waals surface area contributed by atoms with E-state index in [1.807, 2.05) is 51.1 Å². The lowest BCUT2D eigenvalue weighted by Gasteiger charge is -2.40. The molecule has 2 aliphatic heterocycles. The van der Waals surface area contributed by atoms with Crippen LogP contribution in [0.4, 0.5) is 4.79 Å². The Hall–Kier alpha value is -1.81. The molecule has 30 heavy (non-hydrogen) atoms. The van der Waals surface area contributed by atoms with Crippen LogP contribution in [0.15, 0.2) is 30.3 Å². The Morgan fingerprint density at radius 1 is 1.20 bits per heavy atom. The number of hydrogen-bond donors (Lipinski definition) is 2. The Bertz CT molecular complexity index is 727. The number of likely N-dealkylation sites (tertiary alicyclic amines) is 1. The maximum absolute atomic E-state index is 13.1. The highest BCUT2D eigenvalue weighted by molar-refractivity contribution is 7.80. The molecule has 0 aromatic heterocycles. The van der Waals surface area contributed by atoms with Crippen molar-refractivity contribution < 1.29 is 23.9 Å². The van der Waals surface area contributed by atoms with Gasteiger partial charge in [-0.2, -0.15) is 5.48 Å². The summed E-state index contributed by atoms with van der Waals surface area (Å²) in [6.07, 6.45) is 0.684. The summed E-state index contributed by atoms with van der Waals surface area (Å²) < 4.78 is 10.9. The van der Waals surface area contributed by atoms with E-state index in [4.69, 9.17) is 14.3 Å². The summed E-state index contributed by atoms with van der Waals surface area (Å²) in [7, 11) is 0. The van der Waals surface area contributed by atoms with Gasteiger partial charge in [-0.1, -0.05) is 30.3 Å². The summed E-state index contributed by atoms with van der Waals surface area (Å²) in [6.45, 7) is 7.06. The molecule has 0 aliphatic carbocycles. The van der Waals surface area contributed by atoms with Gasteiger partial charge in [0.25, 0.3) is 0 Å². The SMILES string of the molecule is CC(C)(C)OC(=O)N1C[C@H](NOCc2ccccc2)CC[C@H]1C(=O)N1CCOC1S. The average Bonchev–Trinajstić information content (AvgIpc) is 3.13. The van der Waals surface area contributed by atoms with Crippen LogP contribution in [0.25, 0.3) is 0 Å². The first-order valence-corrected chi connectivity index (χ1v) is 10.8. The van der Waals surface area contributed by atoms with Crippen LogP contribution in [-0.2, 0) is 25.7 Å². The second-order valence-electron chi connectivity index (χ2n) is 8.54. The third-order valence-corrected chi connectivity index (χ3v) is 5.40. The Labute approximate surface area is 183 Å². The van der Waals surface area contributed by atoms with Crippen molar-refractivity contribution in [3.05, 3.63) is 35.9 Å². The number of thiol groups is 1. The van der Waals surface area contributed by atoms with E-state index < -0.39 is 23.3 Å². The Kier molecular flexibility index (Phi) is 7.62. The van der Waals surface area contributed by atoms with Crippen molar-refractivity contribution in [2.45, 2.75) is 63.5 Å². The normalized spacial score (nSPS) is 24.7. The van der Waals surface area contributed by atoms with Crippen LogP contribution in [0.1, 0.15) is 39.2 Å². The minimum absolute atomic E-state index is 0.105. The molecule has 3 atom stereocenters. The number of hydrogen-bond acceptors (Lipinski definition) is 7. The summed E-state index contributed by atoms with van der Waals surface area (Å²) in [5.74, 6) is -0.165. The molecule has 9 heteroatoms. The van der Waals surface area contributed by atoms with E-state index in [2.05, 4.69) is 18.1 Å². The van der Waals surface area contributed by atoms with Gasteiger partial charge in [0.05, 0.1) is 19.3 Å². The van der Waals surface area contributed by atoms with Crippen molar-refractivity contribution in [3.8, 4) is 0 Å². The highest BCUT2D eigenvalue weighted by Gasteiger charge is 2.42. The third kappa shape index (κ3) is 6.10. The lowest BCUT2D eigenvalue weighted by molar-refractivity contribution is -0.140. The standard InChI is InChI=1S/C21H31N3O5S/c1-21(2,3)29-19(26)24-13-16(22-28-14-15-7-5-4-6-8-15)9-10-17(24)18(25)23-11-12-27-20(23)30/h4-8,16-17,20,22,30H,9-14H2,1-3H3/t16-,17+,20?/m1/s1. The molecular weight excluding hydrogens is 406 g/mol. The van der Waals surface area contributed by atoms with E-state index in [9.17, 15) is 9.59 Å². The summed E-state index contributed by atoms with van der Waals surface area (Å²) in [4.78, 5) is 34.7. The van der Waals surface area contributed by atoms with Gasteiger partial charge >= 0.3 is 6.09 Å². The zero-order chi connectivity index (χ0) is 21.7. The molecule has 2 saturated heterocycles. The average molecular weight is 438 g/mol. The second kappa shape index (κ2) is 10.00. The monoisotopic (exact) mass is 437 g/mol. The molecule has 3 rings (SSSR count). The molecule has 166 valence electrons. The molecule has 1 unspecified atom stereocenters. The number of nitrogens with zero attached hydrogens (tertiary/aromatic N) is 2. The van der Waals surface area contributed by atoms with Gasteiger partial charge in [-0.15, -0.1) is 12.6 Å². The molecule has 0 radical (unpaired) electrons. The molecule has 0 saturated carbocycles. The molecule has 2 fully saturated rings. The first-order chi connectivity index (χ1) is 14.2. The fraction of sp³-hybridized carbons (Fsp3) is 0.619. The van der Waals surface area contributed by atoms with Gasteiger partial charge in [0, 0.05) is 13.1 Å². The number of amides is 2. The molecule has 8 nitrogen and oxygen atoms in total. The molecular formula is C21H31N3O5S. The van der Waals surface area contributed by atoms with Crippen LogP contribution in [0, 0.1) is 0 Å². The van der Waals surface area contributed by atoms with Gasteiger partial charge in [0.15, 0.2) is 5.56 Å². The van der Waals surface area contributed by atoms with Crippen molar-refractivity contribution in [2.75, 3.05) is 19.7 Å². The number of ether oxygens (including phenoxy) is 2. The van der Waals surface area contributed by atoms with Gasteiger partial charge < -0.3 is 14.4 Å². The van der Waals surface area contributed by atoms with Gasteiger partial charge in [0.2, 0.25) is 5.91 Å². The minimum atomic E-state index is -0.655. The van der Waals surface area contributed by atoms with E-state index in [1.54, 1.807) is 4.90 Å². The quantitative estimate of drug-likeness (QED) is 0.544. The second-order valence-corrected chi connectivity index (χ2v) is 8.99. The van der Waals surface area contributed by atoms with Crippen LogP contribution < -0.4 is 5.48 Å². The van der Waals surface area contributed by atoms with Gasteiger partial charge in [-0.05, 0) is 39.2 Å². The number of nitrogens with one attached hydrogen (secondary N) is 1. The Morgan fingerprint density at radius 2 is 1.93 bits per heavy atom. The lowest BCUT2D eigenvalue weighted by Crippen LogP contribution is -2.59. The molecule has 1 aromatic rings. The Balaban J connectivity index is 1.64. The highest BCUT2D eigenvalue weighted by atomic mass is 32.1. The van der Waals surface area contributed by atoms with E-state index >= 15 is 0 Å². The summed E-state index contributed by atoms with van der Waals surface area (Å²) in [5.41, 5.74) is 2.85. The zero-order valence-electron chi connectivity index (χ0n) is 17.7. The first-order valence-electron chi connectivity index (χ1n) is 10.3. The zero-order valence-corrected chi connectivity index (χ0v) is 18.6. The topological polar surface area (TPSA) is 80.3 Å². The number of rotatable bonds is 5. The molecule has 1 N–H and O–H groups in total. The van der Waals surface area contributed by atoms with Crippen molar-refractivity contribution >= 4 is 24.6 Å². The molecule has 1 aromatic carbocycles. The number of benzene rings is 1. The van der Waals surface area contributed by atoms with Crippen molar-refractivity contribution in [1.29, 1.82) is 0 Å². The highest BCUT2D eigenvalue weighted by Crippen LogP contribution is 2.25. The number of hydroxylamine groups is 1. The van der Waals surface area contributed by atoms with Crippen LogP contribution >= 0.6 is 12.6 Å². The van der Waals surface area contributed by atoms with Gasteiger partial charge in [0.1, 0.15) is 11.6 Å². The fourth-order valence-electron chi connectivity index (χ4n) is 3.53. The molecule has 0 bridgehead atoms. The maximum atomic E-state index is 13.1. The first kappa shape index (κ1) is 22.9. The van der Waals surface area contributed by atoms with E-state index in [1.165, 1.54) is 4.90 Å². The maximum Gasteiger partial charge on any atom is 0.411 e. The number of carbonyl (C=O) groups is 2.